The van der Waals surface area contributed by atoms with Gasteiger partial charge in [-0.05, 0) is 31.7 Å². The summed E-state index contributed by atoms with van der Waals surface area (Å²) in [6.45, 7) is 0. The highest BCUT2D eigenvalue weighted by Gasteiger charge is 2.24. The third-order valence-electron chi connectivity index (χ3n) is 5.23. The number of nitrogens with zero attached hydrogens (tertiary/aromatic N) is 3. The van der Waals surface area contributed by atoms with Gasteiger partial charge in [0.1, 0.15) is 11.8 Å². The maximum atomic E-state index is 11.0. The summed E-state index contributed by atoms with van der Waals surface area (Å²) in [7, 11) is 3.26. The van der Waals surface area contributed by atoms with E-state index >= 15 is 0 Å². The van der Waals surface area contributed by atoms with Gasteiger partial charge in [0.15, 0.2) is 11.5 Å². The summed E-state index contributed by atoms with van der Waals surface area (Å²) in [6, 6.07) is 4.23. The van der Waals surface area contributed by atoms with Crippen LogP contribution in [0.5, 0.6) is 11.5 Å². The standard InChI is InChI=1S/C19H21N3O3/c1-24-17-7-14-15(8-18(17)25-2)20-9-16-19(14)22(11-21-16)13-5-3-12(10-23)4-6-13/h7-13H,3-6H2,1-2H3/t12-,13-. The molecule has 0 unspecified atom stereocenters. The van der Waals surface area contributed by atoms with Gasteiger partial charge >= 0.3 is 0 Å². The van der Waals surface area contributed by atoms with Crippen molar-refractivity contribution in [3.8, 4) is 11.5 Å². The Bertz CT molecular complexity index is 926. The van der Waals surface area contributed by atoms with E-state index in [4.69, 9.17) is 9.47 Å². The molecule has 1 saturated carbocycles. The van der Waals surface area contributed by atoms with Gasteiger partial charge in [0.05, 0.1) is 37.8 Å². The van der Waals surface area contributed by atoms with E-state index in [9.17, 15) is 4.79 Å². The van der Waals surface area contributed by atoms with E-state index in [1.807, 2.05) is 18.5 Å². The smallest absolute Gasteiger partial charge is 0.162 e. The summed E-state index contributed by atoms with van der Waals surface area (Å²) in [5.74, 6) is 1.55. The average molecular weight is 339 g/mol. The summed E-state index contributed by atoms with van der Waals surface area (Å²) in [5.41, 5.74) is 2.80. The first-order chi connectivity index (χ1) is 12.2. The van der Waals surface area contributed by atoms with Crippen LogP contribution in [0.2, 0.25) is 0 Å². The van der Waals surface area contributed by atoms with Crippen LogP contribution in [0.4, 0.5) is 0 Å². The number of fused-ring (bicyclic) bond motifs is 3. The Morgan fingerprint density at radius 2 is 1.76 bits per heavy atom. The van der Waals surface area contributed by atoms with E-state index in [-0.39, 0.29) is 5.92 Å². The zero-order valence-corrected chi connectivity index (χ0v) is 14.4. The zero-order chi connectivity index (χ0) is 17.4. The Kier molecular flexibility index (Phi) is 4.03. The largest absolute Gasteiger partial charge is 0.493 e. The molecule has 0 atom stereocenters. The van der Waals surface area contributed by atoms with Crippen LogP contribution in [-0.2, 0) is 4.79 Å². The first-order valence-electron chi connectivity index (χ1n) is 8.57. The van der Waals surface area contributed by atoms with Crippen molar-refractivity contribution in [3.05, 3.63) is 24.7 Å². The van der Waals surface area contributed by atoms with Gasteiger partial charge in [0, 0.05) is 23.4 Å². The Morgan fingerprint density at radius 1 is 1.04 bits per heavy atom. The molecule has 0 N–H and O–H groups in total. The Labute approximate surface area is 145 Å². The van der Waals surface area contributed by atoms with Crippen molar-refractivity contribution < 1.29 is 14.3 Å². The van der Waals surface area contributed by atoms with Crippen molar-refractivity contribution in [1.29, 1.82) is 0 Å². The normalized spacial score (nSPS) is 20.7. The summed E-state index contributed by atoms with van der Waals surface area (Å²) in [6.07, 6.45) is 8.66. The number of aromatic nitrogens is 3. The fourth-order valence-electron chi connectivity index (χ4n) is 3.84. The monoisotopic (exact) mass is 339 g/mol. The summed E-state index contributed by atoms with van der Waals surface area (Å²) >= 11 is 0. The van der Waals surface area contributed by atoms with E-state index in [1.54, 1.807) is 20.4 Å². The van der Waals surface area contributed by atoms with Crippen molar-refractivity contribution in [3.63, 3.8) is 0 Å². The minimum atomic E-state index is 0.203. The molecule has 1 aliphatic carbocycles. The van der Waals surface area contributed by atoms with Crippen LogP contribution in [0.3, 0.4) is 0 Å². The second kappa shape index (κ2) is 6.35. The Hall–Kier alpha value is -2.63. The van der Waals surface area contributed by atoms with Crippen molar-refractivity contribution >= 4 is 28.2 Å². The number of aldehydes is 1. The second-order valence-corrected chi connectivity index (χ2v) is 6.57. The van der Waals surface area contributed by atoms with Gasteiger partial charge in [-0.2, -0.15) is 0 Å². The number of pyridine rings is 1. The number of carbonyl (C=O) groups excluding carboxylic acids is 1. The number of hydrogen-bond acceptors (Lipinski definition) is 5. The highest BCUT2D eigenvalue weighted by Crippen LogP contribution is 2.38. The van der Waals surface area contributed by atoms with Crippen LogP contribution in [-0.4, -0.2) is 35.0 Å². The highest BCUT2D eigenvalue weighted by molar-refractivity contribution is 6.03. The number of hydrogen-bond donors (Lipinski definition) is 0. The summed E-state index contributed by atoms with van der Waals surface area (Å²) in [5, 5.41) is 1.00. The number of ether oxygens (including phenoxy) is 2. The van der Waals surface area contributed by atoms with Crippen LogP contribution in [0.25, 0.3) is 21.9 Å². The van der Waals surface area contributed by atoms with Crippen molar-refractivity contribution in [2.45, 2.75) is 31.7 Å². The maximum absolute atomic E-state index is 11.0. The van der Waals surface area contributed by atoms with Gasteiger partial charge in [0.25, 0.3) is 0 Å². The van der Waals surface area contributed by atoms with Crippen LogP contribution < -0.4 is 9.47 Å². The Morgan fingerprint density at radius 3 is 2.44 bits per heavy atom. The van der Waals surface area contributed by atoms with Crippen LogP contribution in [0.1, 0.15) is 31.7 Å². The molecule has 0 amide bonds. The quantitative estimate of drug-likeness (QED) is 0.680. The van der Waals surface area contributed by atoms with Crippen molar-refractivity contribution in [1.82, 2.24) is 14.5 Å². The summed E-state index contributed by atoms with van der Waals surface area (Å²) in [4.78, 5) is 20.1. The highest BCUT2D eigenvalue weighted by atomic mass is 16.5. The van der Waals surface area contributed by atoms with Crippen LogP contribution in [0.15, 0.2) is 24.7 Å². The number of rotatable bonds is 4. The van der Waals surface area contributed by atoms with Gasteiger partial charge in [-0.3, -0.25) is 4.98 Å². The van der Waals surface area contributed by atoms with Crippen LogP contribution in [0, 0.1) is 5.92 Å². The van der Waals surface area contributed by atoms with Crippen molar-refractivity contribution in [2.75, 3.05) is 14.2 Å². The lowest BCUT2D eigenvalue weighted by Gasteiger charge is -2.27. The summed E-state index contributed by atoms with van der Waals surface area (Å²) < 4.78 is 13.1. The molecule has 1 aromatic carbocycles. The fourth-order valence-corrected chi connectivity index (χ4v) is 3.84. The minimum Gasteiger partial charge on any atom is -0.493 e. The third-order valence-corrected chi connectivity index (χ3v) is 5.23. The van der Waals surface area contributed by atoms with E-state index < -0.39 is 0 Å². The molecule has 130 valence electrons. The molecular formula is C19H21N3O3. The predicted octanol–water partition coefficient (Wildman–Crippen LogP) is 3.53. The molecule has 6 heteroatoms. The molecule has 2 aromatic heterocycles. The zero-order valence-electron chi connectivity index (χ0n) is 14.4. The van der Waals surface area contributed by atoms with Gasteiger partial charge in [-0.1, -0.05) is 0 Å². The lowest BCUT2D eigenvalue weighted by molar-refractivity contribution is -0.112. The van der Waals surface area contributed by atoms with E-state index in [0.717, 1.165) is 53.9 Å². The van der Waals surface area contributed by atoms with E-state index in [1.165, 1.54) is 0 Å². The topological polar surface area (TPSA) is 66.2 Å². The number of carbonyl (C=O) groups is 1. The molecule has 6 nitrogen and oxygen atoms in total. The average Bonchev–Trinajstić information content (AvgIpc) is 3.11. The molecule has 2 heterocycles. The second-order valence-electron chi connectivity index (χ2n) is 6.57. The van der Waals surface area contributed by atoms with E-state index in [0.29, 0.717) is 17.5 Å². The molecule has 0 radical (unpaired) electrons. The predicted molar refractivity (Wildman–Crippen MR) is 95.2 cm³/mol. The molecule has 25 heavy (non-hydrogen) atoms. The molecule has 1 fully saturated rings. The van der Waals surface area contributed by atoms with Gasteiger partial charge in [0.2, 0.25) is 0 Å². The lowest BCUT2D eigenvalue weighted by Crippen LogP contribution is -2.18. The molecule has 0 spiro atoms. The third kappa shape index (κ3) is 2.62. The lowest BCUT2D eigenvalue weighted by atomic mass is 9.87. The maximum Gasteiger partial charge on any atom is 0.162 e. The molecule has 0 bridgehead atoms. The number of imidazole rings is 1. The molecular weight excluding hydrogens is 318 g/mol. The van der Waals surface area contributed by atoms with Gasteiger partial charge in [-0.15, -0.1) is 0 Å². The number of benzene rings is 1. The first kappa shape index (κ1) is 15.9. The molecule has 0 aliphatic heterocycles. The Balaban J connectivity index is 1.86. The first-order valence-corrected chi connectivity index (χ1v) is 8.57. The molecule has 3 aromatic rings. The van der Waals surface area contributed by atoms with Crippen molar-refractivity contribution in [2.24, 2.45) is 5.92 Å². The minimum absolute atomic E-state index is 0.203. The fraction of sp³-hybridized carbons (Fsp3) is 0.421. The molecule has 1 aliphatic rings. The number of methoxy groups -OCH3 is 2. The SMILES string of the molecule is COc1cc2ncc3ncn([C@H]4CC[C@H](C=O)CC4)c3c2cc1OC. The van der Waals surface area contributed by atoms with Crippen LogP contribution >= 0.6 is 0 Å². The van der Waals surface area contributed by atoms with Gasteiger partial charge in [-0.25, -0.2) is 4.98 Å². The van der Waals surface area contributed by atoms with E-state index in [2.05, 4.69) is 14.5 Å². The molecule has 4 rings (SSSR count). The van der Waals surface area contributed by atoms with Gasteiger partial charge < -0.3 is 18.8 Å². The molecule has 0 saturated heterocycles.